The lowest BCUT2D eigenvalue weighted by Crippen LogP contribution is -2.51. The number of benzene rings is 2. The van der Waals surface area contributed by atoms with Gasteiger partial charge in [0, 0.05) is 31.2 Å². The van der Waals surface area contributed by atoms with E-state index in [0.717, 1.165) is 22.5 Å². The lowest BCUT2D eigenvalue weighted by molar-refractivity contribution is -0.131. The van der Waals surface area contributed by atoms with E-state index in [2.05, 4.69) is 5.10 Å². The number of rotatable bonds is 4. The third-order valence-corrected chi connectivity index (χ3v) is 6.02. The molecule has 3 aromatic rings. The largest absolute Gasteiger partial charge is 0.339 e. The van der Waals surface area contributed by atoms with Crippen molar-refractivity contribution in [3.05, 3.63) is 82.1 Å². The second-order valence-electron chi connectivity index (χ2n) is 7.82. The number of carbonyl (C=O) groups is 2. The molecular weight excluding hydrogens is 412 g/mol. The molecule has 2 heterocycles. The lowest BCUT2D eigenvalue weighted by Gasteiger charge is -2.34. The molecule has 31 heavy (non-hydrogen) atoms. The lowest BCUT2D eigenvalue weighted by atomic mass is 10.1. The first-order valence-electron chi connectivity index (χ1n) is 10.4. The summed E-state index contributed by atoms with van der Waals surface area (Å²) >= 11 is 5.91. The van der Waals surface area contributed by atoms with Gasteiger partial charge in [0.1, 0.15) is 0 Å². The molecule has 0 aliphatic carbocycles. The second-order valence-corrected chi connectivity index (χ2v) is 8.25. The molecule has 0 unspecified atom stereocenters. The summed E-state index contributed by atoms with van der Waals surface area (Å²) in [6.45, 7) is 6.03. The minimum absolute atomic E-state index is 0.0397. The van der Waals surface area contributed by atoms with Crippen molar-refractivity contribution in [2.24, 2.45) is 0 Å². The highest BCUT2D eigenvalue weighted by Crippen LogP contribution is 2.19. The molecule has 2 amide bonds. The molecule has 1 aliphatic rings. The van der Waals surface area contributed by atoms with Crippen molar-refractivity contribution in [1.82, 2.24) is 19.6 Å². The molecule has 1 fully saturated rings. The van der Waals surface area contributed by atoms with Crippen molar-refractivity contribution in [3.63, 3.8) is 0 Å². The standard InChI is InChI=1S/C24H25ClN4O2/c1-17-5-3-4-6-22(17)29-18(2)21(16-26-29)24(31)28-13-11-27(12-14-28)23(30)15-19-7-9-20(25)10-8-19/h3-10,16H,11-15H2,1-2H3. The molecule has 1 saturated heterocycles. The van der Waals surface area contributed by atoms with E-state index in [9.17, 15) is 9.59 Å². The minimum Gasteiger partial charge on any atom is -0.339 e. The second kappa shape index (κ2) is 8.94. The van der Waals surface area contributed by atoms with E-state index in [1.807, 2.05) is 59.8 Å². The Hall–Kier alpha value is -3.12. The van der Waals surface area contributed by atoms with E-state index in [1.165, 1.54) is 0 Å². The van der Waals surface area contributed by atoms with E-state index in [-0.39, 0.29) is 11.8 Å². The number of carbonyl (C=O) groups excluding carboxylic acids is 2. The van der Waals surface area contributed by atoms with Crippen LogP contribution in [-0.2, 0) is 11.2 Å². The van der Waals surface area contributed by atoms with Crippen LogP contribution in [0.2, 0.25) is 5.02 Å². The normalized spacial score (nSPS) is 14.0. The molecule has 0 bridgehead atoms. The zero-order valence-corrected chi connectivity index (χ0v) is 18.5. The van der Waals surface area contributed by atoms with Gasteiger partial charge in [0.05, 0.1) is 29.6 Å². The monoisotopic (exact) mass is 436 g/mol. The van der Waals surface area contributed by atoms with Crippen LogP contribution >= 0.6 is 11.6 Å². The molecule has 6 nitrogen and oxygen atoms in total. The summed E-state index contributed by atoms with van der Waals surface area (Å²) in [5.74, 6) is 0.0279. The summed E-state index contributed by atoms with van der Waals surface area (Å²) < 4.78 is 1.81. The van der Waals surface area contributed by atoms with E-state index in [4.69, 9.17) is 11.6 Å². The molecule has 1 aliphatic heterocycles. The van der Waals surface area contributed by atoms with Gasteiger partial charge in [0.15, 0.2) is 0 Å². The Morgan fingerprint density at radius 2 is 1.58 bits per heavy atom. The third-order valence-electron chi connectivity index (χ3n) is 5.77. The van der Waals surface area contributed by atoms with Crippen LogP contribution in [0.5, 0.6) is 0 Å². The molecule has 0 N–H and O–H groups in total. The van der Waals surface area contributed by atoms with Gasteiger partial charge in [-0.15, -0.1) is 0 Å². The molecule has 0 spiro atoms. The number of hydrogen-bond donors (Lipinski definition) is 0. The summed E-state index contributed by atoms with van der Waals surface area (Å²) in [5.41, 5.74) is 4.43. The summed E-state index contributed by atoms with van der Waals surface area (Å²) in [5, 5.41) is 5.11. The number of piperazine rings is 1. The van der Waals surface area contributed by atoms with Gasteiger partial charge in [0.25, 0.3) is 5.91 Å². The van der Waals surface area contributed by atoms with Crippen LogP contribution in [0.4, 0.5) is 0 Å². The highest BCUT2D eigenvalue weighted by molar-refractivity contribution is 6.30. The fraction of sp³-hybridized carbons (Fsp3) is 0.292. The SMILES string of the molecule is Cc1ccccc1-n1ncc(C(=O)N2CCN(C(=O)Cc3ccc(Cl)cc3)CC2)c1C. The first-order valence-corrected chi connectivity index (χ1v) is 10.7. The predicted molar refractivity (Wildman–Crippen MR) is 121 cm³/mol. The maximum atomic E-state index is 13.1. The van der Waals surface area contributed by atoms with Gasteiger partial charge >= 0.3 is 0 Å². The van der Waals surface area contributed by atoms with Crippen molar-refractivity contribution in [2.75, 3.05) is 26.2 Å². The number of aryl methyl sites for hydroxylation is 1. The summed E-state index contributed by atoms with van der Waals surface area (Å²) in [7, 11) is 0. The van der Waals surface area contributed by atoms with Crippen molar-refractivity contribution in [1.29, 1.82) is 0 Å². The number of nitrogens with zero attached hydrogens (tertiary/aromatic N) is 4. The number of hydrogen-bond acceptors (Lipinski definition) is 3. The van der Waals surface area contributed by atoms with Crippen LogP contribution in [0.15, 0.2) is 54.7 Å². The zero-order chi connectivity index (χ0) is 22.0. The van der Waals surface area contributed by atoms with Crippen LogP contribution in [0.3, 0.4) is 0 Å². The first kappa shape index (κ1) is 21.1. The van der Waals surface area contributed by atoms with Crippen molar-refractivity contribution < 1.29 is 9.59 Å². The number of aromatic nitrogens is 2. The Morgan fingerprint density at radius 3 is 2.26 bits per heavy atom. The van der Waals surface area contributed by atoms with Crippen LogP contribution in [-0.4, -0.2) is 57.6 Å². The van der Waals surface area contributed by atoms with E-state index in [1.54, 1.807) is 23.2 Å². The third kappa shape index (κ3) is 4.49. The van der Waals surface area contributed by atoms with Crippen LogP contribution in [0, 0.1) is 13.8 Å². The fourth-order valence-electron chi connectivity index (χ4n) is 3.88. The highest BCUT2D eigenvalue weighted by atomic mass is 35.5. The van der Waals surface area contributed by atoms with E-state index in [0.29, 0.717) is 43.2 Å². The molecule has 160 valence electrons. The average molecular weight is 437 g/mol. The predicted octanol–water partition coefficient (Wildman–Crippen LogP) is 3.67. The molecule has 4 rings (SSSR count). The average Bonchev–Trinajstić information content (AvgIpc) is 3.16. The van der Waals surface area contributed by atoms with E-state index >= 15 is 0 Å². The Balaban J connectivity index is 1.39. The minimum atomic E-state index is -0.0397. The van der Waals surface area contributed by atoms with Crippen molar-refractivity contribution >= 4 is 23.4 Å². The smallest absolute Gasteiger partial charge is 0.257 e. The zero-order valence-electron chi connectivity index (χ0n) is 17.7. The molecule has 7 heteroatoms. The Bertz CT molecular complexity index is 1100. The van der Waals surface area contributed by atoms with E-state index < -0.39 is 0 Å². The van der Waals surface area contributed by atoms with Crippen LogP contribution in [0.1, 0.15) is 27.2 Å². The van der Waals surface area contributed by atoms with Gasteiger partial charge in [-0.05, 0) is 43.2 Å². The molecule has 0 saturated carbocycles. The molecule has 0 atom stereocenters. The van der Waals surface area contributed by atoms with Gasteiger partial charge in [-0.25, -0.2) is 4.68 Å². The van der Waals surface area contributed by atoms with Gasteiger partial charge in [-0.1, -0.05) is 41.9 Å². The number of para-hydroxylation sites is 1. The van der Waals surface area contributed by atoms with Crippen LogP contribution < -0.4 is 0 Å². The quantitative estimate of drug-likeness (QED) is 0.627. The Kier molecular flexibility index (Phi) is 6.09. The fourth-order valence-corrected chi connectivity index (χ4v) is 4.01. The molecular formula is C24H25ClN4O2. The summed E-state index contributed by atoms with van der Waals surface area (Å²) in [4.78, 5) is 29.4. The molecule has 2 aromatic carbocycles. The van der Waals surface area contributed by atoms with Gasteiger partial charge in [-0.3, -0.25) is 9.59 Å². The molecule has 1 aromatic heterocycles. The Morgan fingerprint density at radius 1 is 0.935 bits per heavy atom. The first-order chi connectivity index (χ1) is 14.9. The Labute approximate surface area is 187 Å². The maximum absolute atomic E-state index is 13.1. The summed E-state index contributed by atoms with van der Waals surface area (Å²) in [6.07, 6.45) is 1.98. The molecule has 0 radical (unpaired) electrons. The maximum Gasteiger partial charge on any atom is 0.257 e. The number of halogens is 1. The van der Waals surface area contributed by atoms with Gasteiger partial charge < -0.3 is 9.80 Å². The highest BCUT2D eigenvalue weighted by Gasteiger charge is 2.27. The van der Waals surface area contributed by atoms with Gasteiger partial charge in [-0.2, -0.15) is 5.10 Å². The summed E-state index contributed by atoms with van der Waals surface area (Å²) in [6, 6.07) is 15.3. The van der Waals surface area contributed by atoms with Crippen molar-refractivity contribution in [2.45, 2.75) is 20.3 Å². The number of amides is 2. The van der Waals surface area contributed by atoms with Crippen LogP contribution in [0.25, 0.3) is 5.69 Å². The van der Waals surface area contributed by atoms with Gasteiger partial charge in [0.2, 0.25) is 5.91 Å². The van der Waals surface area contributed by atoms with Crippen molar-refractivity contribution in [3.8, 4) is 5.69 Å². The topological polar surface area (TPSA) is 58.4 Å².